The molecular formula is C62H44N2O2S2. The largest absolute Gasteiger partial charge is 0.494 e. The number of fused-ring (bicyclic) bond motifs is 4. The molecule has 0 aliphatic carbocycles. The Labute approximate surface area is 405 Å². The summed E-state index contributed by atoms with van der Waals surface area (Å²) in [6.45, 7) is 3.02. The fourth-order valence-electron chi connectivity index (χ4n) is 9.44. The zero-order valence-electron chi connectivity index (χ0n) is 37.2. The number of rotatable bonds is 10. The number of ether oxygens (including phenoxy) is 2. The molecule has 12 rings (SSSR count). The minimum Gasteiger partial charge on any atom is -0.494 e. The first-order valence-electron chi connectivity index (χ1n) is 23.2. The van der Waals surface area contributed by atoms with Gasteiger partial charge in [-0.1, -0.05) is 132 Å². The molecule has 6 heteroatoms. The van der Waals surface area contributed by atoms with Crippen LogP contribution in [0.5, 0.6) is 11.5 Å². The van der Waals surface area contributed by atoms with Crippen molar-refractivity contribution in [2.75, 3.05) is 36.1 Å². The third-order valence-corrected chi connectivity index (χ3v) is 15.0. The van der Waals surface area contributed by atoms with Crippen molar-refractivity contribution < 1.29 is 9.47 Å². The highest BCUT2D eigenvalue weighted by Crippen LogP contribution is 2.49. The molecule has 0 spiro atoms. The van der Waals surface area contributed by atoms with Gasteiger partial charge in [-0.15, -0.1) is 0 Å². The third kappa shape index (κ3) is 8.24. The average Bonchev–Trinajstić information content (AvgIpc) is 3.39. The van der Waals surface area contributed by atoms with E-state index in [0.29, 0.717) is 13.2 Å². The molecule has 326 valence electrons. The van der Waals surface area contributed by atoms with Gasteiger partial charge in [0.15, 0.2) is 0 Å². The normalized spacial score (nSPS) is 12.4. The van der Waals surface area contributed by atoms with Crippen LogP contribution in [-0.2, 0) is 0 Å². The maximum absolute atomic E-state index is 6.22. The van der Waals surface area contributed by atoms with Crippen LogP contribution in [0.1, 0.15) is 35.1 Å². The van der Waals surface area contributed by atoms with Crippen LogP contribution >= 0.6 is 23.5 Å². The average molecular weight is 913 g/mol. The van der Waals surface area contributed by atoms with E-state index < -0.39 is 0 Å². The molecular weight excluding hydrogens is 869 g/mol. The summed E-state index contributed by atoms with van der Waals surface area (Å²) in [6.07, 6.45) is 1.79. The lowest BCUT2D eigenvalue weighted by molar-refractivity contribution is 0.313. The van der Waals surface area contributed by atoms with E-state index in [0.717, 1.165) is 70.5 Å². The van der Waals surface area contributed by atoms with Gasteiger partial charge in [-0.05, 0) is 154 Å². The summed E-state index contributed by atoms with van der Waals surface area (Å²) in [5.74, 6) is 15.6. The lowest BCUT2D eigenvalue weighted by atomic mass is 9.90. The van der Waals surface area contributed by atoms with E-state index >= 15 is 0 Å². The monoisotopic (exact) mass is 912 g/mol. The second-order valence-electron chi connectivity index (χ2n) is 17.0. The minimum absolute atomic E-state index is 0.629. The smallest absolute Gasteiger partial charge is 0.119 e. The summed E-state index contributed by atoms with van der Waals surface area (Å²) in [5, 5.41) is 7.14. The topological polar surface area (TPSA) is 24.9 Å². The van der Waals surface area contributed by atoms with Gasteiger partial charge in [0.2, 0.25) is 0 Å². The number of nitrogens with zero attached hydrogens (tertiary/aromatic N) is 2. The van der Waals surface area contributed by atoms with Gasteiger partial charge in [-0.3, -0.25) is 0 Å². The van der Waals surface area contributed by atoms with Crippen LogP contribution in [0.3, 0.4) is 0 Å². The Bertz CT molecular complexity index is 3290. The van der Waals surface area contributed by atoms with Gasteiger partial charge < -0.3 is 19.3 Å². The number of hydrogen-bond acceptors (Lipinski definition) is 6. The number of hydrogen-bond donors (Lipinski definition) is 0. The third-order valence-electron chi connectivity index (χ3n) is 12.7. The molecule has 0 amide bonds. The van der Waals surface area contributed by atoms with Crippen molar-refractivity contribution in [2.24, 2.45) is 0 Å². The zero-order valence-corrected chi connectivity index (χ0v) is 38.9. The quantitative estimate of drug-likeness (QED) is 0.0770. The zero-order chi connectivity index (χ0) is 45.2. The van der Waals surface area contributed by atoms with Crippen molar-refractivity contribution in [1.82, 2.24) is 0 Å². The van der Waals surface area contributed by atoms with Gasteiger partial charge >= 0.3 is 0 Å². The van der Waals surface area contributed by atoms with Gasteiger partial charge in [0.25, 0.3) is 0 Å². The Morgan fingerprint density at radius 2 is 0.706 bits per heavy atom. The van der Waals surface area contributed by atoms with Crippen LogP contribution in [-0.4, -0.2) is 26.3 Å². The van der Waals surface area contributed by atoms with E-state index in [-0.39, 0.29) is 0 Å². The molecule has 0 saturated carbocycles. The Balaban J connectivity index is 0.697. The van der Waals surface area contributed by atoms with E-state index in [2.05, 4.69) is 179 Å². The molecule has 2 aliphatic heterocycles. The second-order valence-corrected chi connectivity index (χ2v) is 19.1. The van der Waals surface area contributed by atoms with E-state index in [1.54, 1.807) is 0 Å². The Kier molecular flexibility index (Phi) is 11.3. The van der Waals surface area contributed by atoms with Gasteiger partial charge in [0.1, 0.15) is 11.5 Å². The van der Waals surface area contributed by atoms with Crippen molar-refractivity contribution in [3.05, 3.63) is 216 Å². The van der Waals surface area contributed by atoms with Gasteiger partial charge in [0, 0.05) is 54.9 Å². The molecule has 0 atom stereocenters. The van der Waals surface area contributed by atoms with Crippen LogP contribution in [0.4, 0.5) is 22.7 Å². The maximum Gasteiger partial charge on any atom is 0.119 e. The second kappa shape index (κ2) is 18.5. The molecule has 2 heterocycles. The highest BCUT2D eigenvalue weighted by molar-refractivity contribution is 8.00. The van der Waals surface area contributed by atoms with Crippen LogP contribution < -0.4 is 19.3 Å². The van der Waals surface area contributed by atoms with Gasteiger partial charge in [-0.2, -0.15) is 0 Å². The summed E-state index contributed by atoms with van der Waals surface area (Å²) in [4.78, 5) is 10.0. The molecule has 0 saturated heterocycles. The summed E-state index contributed by atoms with van der Waals surface area (Å²) >= 11 is 3.68. The standard InChI is InChI=1S/C62H44N2O2S2/c1-5-15-57-53(11-1)63(54-12-2-6-16-58(54)67-57)39-9-41-65-49-33-21-43(22-34-49)19-25-45-27-29-47-32-38-52-46(28-30-48-31-37-51(45)61(47)62(48)52)26-20-44-23-35-50(36-24-44)66-42-10-40-64-55-13-3-7-17-59(55)68-60-18-8-4-14-56(60)64/h1-8,11-18,21-24,27-38H,9-10,39-42H2. The first-order chi connectivity index (χ1) is 33.7. The molecule has 0 aromatic heterocycles. The van der Waals surface area contributed by atoms with E-state index in [9.17, 15) is 0 Å². The predicted octanol–water partition coefficient (Wildman–Crippen LogP) is 15.5. The fraction of sp³-hybridized carbons (Fsp3) is 0.0968. The SMILES string of the molecule is C(#Cc1ccc2ccc3c(C#Cc4ccc(OCCCN5c6ccccc6Sc6ccccc65)cc4)ccc4ccc1c2c43)c1ccc(OCCCN2c3ccccc3Sc3ccccc32)cc1. The summed E-state index contributed by atoms with van der Waals surface area (Å²) in [7, 11) is 0. The molecule has 68 heavy (non-hydrogen) atoms. The Morgan fingerprint density at radius 3 is 1.09 bits per heavy atom. The number of benzene rings is 10. The van der Waals surface area contributed by atoms with E-state index in [1.165, 1.54) is 63.9 Å². The van der Waals surface area contributed by atoms with Crippen molar-refractivity contribution >= 4 is 78.6 Å². The van der Waals surface area contributed by atoms with Crippen LogP contribution in [0.15, 0.2) is 214 Å². The molecule has 2 aliphatic rings. The summed E-state index contributed by atoms with van der Waals surface area (Å²) in [6, 6.07) is 68.4. The van der Waals surface area contributed by atoms with E-state index in [4.69, 9.17) is 9.47 Å². The highest BCUT2D eigenvalue weighted by atomic mass is 32.2. The molecule has 0 unspecified atom stereocenters. The van der Waals surface area contributed by atoms with Crippen LogP contribution in [0, 0.1) is 23.7 Å². The molecule has 0 fully saturated rings. The minimum atomic E-state index is 0.629. The number of para-hydroxylation sites is 4. The highest BCUT2D eigenvalue weighted by Gasteiger charge is 2.24. The number of anilines is 4. The lowest BCUT2D eigenvalue weighted by Crippen LogP contribution is -2.23. The fourth-order valence-corrected chi connectivity index (χ4v) is 11.6. The Morgan fingerprint density at radius 1 is 0.353 bits per heavy atom. The Hall–Kier alpha value is -7.74. The van der Waals surface area contributed by atoms with E-state index in [1.807, 2.05) is 72.1 Å². The summed E-state index contributed by atoms with van der Waals surface area (Å²) < 4.78 is 12.4. The van der Waals surface area contributed by atoms with Crippen LogP contribution in [0.2, 0.25) is 0 Å². The van der Waals surface area contributed by atoms with Crippen LogP contribution in [0.25, 0.3) is 32.3 Å². The predicted molar refractivity (Wildman–Crippen MR) is 283 cm³/mol. The summed E-state index contributed by atoms with van der Waals surface area (Å²) in [5.41, 5.74) is 8.95. The van der Waals surface area contributed by atoms with Gasteiger partial charge in [-0.25, -0.2) is 0 Å². The molecule has 10 aromatic carbocycles. The van der Waals surface area contributed by atoms with Crippen molar-refractivity contribution in [3.63, 3.8) is 0 Å². The molecule has 0 radical (unpaired) electrons. The van der Waals surface area contributed by atoms with Crippen molar-refractivity contribution in [3.8, 4) is 35.2 Å². The molecule has 0 bridgehead atoms. The van der Waals surface area contributed by atoms with Gasteiger partial charge in [0.05, 0.1) is 36.0 Å². The van der Waals surface area contributed by atoms with Crippen molar-refractivity contribution in [1.29, 1.82) is 0 Å². The van der Waals surface area contributed by atoms with Crippen molar-refractivity contribution in [2.45, 2.75) is 32.4 Å². The molecule has 10 aromatic rings. The lowest BCUT2D eigenvalue weighted by Gasteiger charge is -2.32. The molecule has 0 N–H and O–H groups in total. The first kappa shape index (κ1) is 41.7. The maximum atomic E-state index is 6.22. The first-order valence-corrected chi connectivity index (χ1v) is 24.8. The molecule has 4 nitrogen and oxygen atoms in total.